The molecular weight excluding hydrogens is 396 g/mol. The molecule has 9 nitrogen and oxygen atoms in total. The Balaban J connectivity index is 1.43. The highest BCUT2D eigenvalue weighted by Crippen LogP contribution is 2.33. The van der Waals surface area contributed by atoms with Gasteiger partial charge in [-0.1, -0.05) is 17.3 Å². The quantitative estimate of drug-likeness (QED) is 0.519. The first kappa shape index (κ1) is 19.1. The third-order valence-corrected chi connectivity index (χ3v) is 5.66. The van der Waals surface area contributed by atoms with E-state index in [4.69, 9.17) is 15.0 Å². The monoisotopic (exact) mass is 418 g/mol. The second-order valence-electron chi connectivity index (χ2n) is 7.56. The zero-order valence-electron chi connectivity index (χ0n) is 17.0. The minimum absolute atomic E-state index is 0.152. The largest absolute Gasteiger partial charge is 0.497 e. The number of likely N-dealkylation sites (tertiary alicyclic amines) is 1. The van der Waals surface area contributed by atoms with E-state index >= 15 is 0 Å². The molecule has 1 amide bonds. The summed E-state index contributed by atoms with van der Waals surface area (Å²) in [7, 11) is 1.60. The number of nitrogen functional groups attached to an aromatic ring is 1. The number of nitrogens with zero attached hydrogens (tertiary/aromatic N) is 4. The standard InChI is InChI=1S/C22H22N6O3/c1-30-14-6-4-5-13(11-14)19-12-17(27-31-19)22(29)28-10-3-2-7-18(28)16-9-8-15-20(23)25-26-21(15)24-16/h4-6,8-9,11-12,18H,2-3,7,10H2,1H3,(H3,23,24,25,26)/t18-/m0/s1. The molecule has 9 heteroatoms. The lowest BCUT2D eigenvalue weighted by Gasteiger charge is -2.34. The maximum atomic E-state index is 13.3. The SMILES string of the molecule is COc1cccc(-c2cc(C(=O)N3CCCC[C@H]3c3ccc4c(N)[nH]nc4n3)no2)c1. The van der Waals surface area contributed by atoms with Gasteiger partial charge in [0.2, 0.25) is 0 Å². The van der Waals surface area contributed by atoms with Crippen molar-refractivity contribution in [2.24, 2.45) is 0 Å². The van der Waals surface area contributed by atoms with E-state index in [2.05, 4.69) is 20.3 Å². The molecule has 1 aliphatic rings. The Labute approximate surface area is 178 Å². The summed E-state index contributed by atoms with van der Waals surface area (Å²) in [5.74, 6) is 1.53. The fourth-order valence-electron chi connectivity index (χ4n) is 4.04. The van der Waals surface area contributed by atoms with Gasteiger partial charge < -0.3 is 19.9 Å². The summed E-state index contributed by atoms with van der Waals surface area (Å²) in [5.41, 5.74) is 8.29. The van der Waals surface area contributed by atoms with Gasteiger partial charge in [-0.25, -0.2) is 4.98 Å². The Morgan fingerprint density at radius 3 is 3.03 bits per heavy atom. The molecule has 0 radical (unpaired) electrons. The van der Waals surface area contributed by atoms with Crippen LogP contribution in [0.4, 0.5) is 5.82 Å². The minimum atomic E-state index is -0.175. The topological polar surface area (TPSA) is 123 Å². The van der Waals surface area contributed by atoms with Crippen LogP contribution in [0.3, 0.4) is 0 Å². The Hall–Kier alpha value is -3.88. The van der Waals surface area contributed by atoms with Crippen LogP contribution in [-0.2, 0) is 0 Å². The Bertz CT molecular complexity index is 1250. The van der Waals surface area contributed by atoms with Gasteiger partial charge in [-0.3, -0.25) is 9.89 Å². The van der Waals surface area contributed by atoms with E-state index in [0.717, 1.165) is 35.9 Å². The molecule has 0 bridgehead atoms. The minimum Gasteiger partial charge on any atom is -0.497 e. The lowest BCUT2D eigenvalue weighted by atomic mass is 9.98. The third-order valence-electron chi connectivity index (χ3n) is 5.66. The molecule has 1 atom stereocenters. The first-order valence-corrected chi connectivity index (χ1v) is 10.2. The lowest BCUT2D eigenvalue weighted by molar-refractivity contribution is 0.0596. The molecule has 158 valence electrons. The van der Waals surface area contributed by atoms with Crippen LogP contribution in [-0.4, -0.2) is 44.8 Å². The molecule has 0 unspecified atom stereocenters. The summed E-state index contributed by atoms with van der Waals surface area (Å²) in [6.07, 6.45) is 2.77. The van der Waals surface area contributed by atoms with Crippen LogP contribution in [0.1, 0.15) is 41.5 Å². The van der Waals surface area contributed by atoms with Gasteiger partial charge in [0.25, 0.3) is 5.91 Å². The van der Waals surface area contributed by atoms with E-state index in [-0.39, 0.29) is 17.6 Å². The fourth-order valence-corrected chi connectivity index (χ4v) is 4.04. The molecule has 3 aromatic heterocycles. The van der Waals surface area contributed by atoms with Gasteiger partial charge >= 0.3 is 0 Å². The van der Waals surface area contributed by atoms with Crippen LogP contribution in [0.25, 0.3) is 22.4 Å². The Morgan fingerprint density at radius 1 is 1.26 bits per heavy atom. The summed E-state index contributed by atoms with van der Waals surface area (Å²) >= 11 is 0. The normalized spacial score (nSPS) is 16.5. The number of methoxy groups -OCH3 is 1. The van der Waals surface area contributed by atoms with Crippen molar-refractivity contribution in [1.29, 1.82) is 0 Å². The maximum absolute atomic E-state index is 13.3. The van der Waals surface area contributed by atoms with Crippen LogP contribution >= 0.6 is 0 Å². The molecule has 1 aromatic carbocycles. The molecule has 1 aliphatic heterocycles. The highest BCUT2D eigenvalue weighted by Gasteiger charge is 2.31. The highest BCUT2D eigenvalue weighted by molar-refractivity contribution is 5.93. The van der Waals surface area contributed by atoms with Crippen molar-refractivity contribution in [3.05, 3.63) is 53.9 Å². The molecule has 3 N–H and O–H groups in total. The van der Waals surface area contributed by atoms with Gasteiger partial charge in [-0.05, 0) is 43.5 Å². The van der Waals surface area contributed by atoms with Crippen LogP contribution in [0.15, 0.2) is 47.0 Å². The Morgan fingerprint density at radius 2 is 2.16 bits per heavy atom. The van der Waals surface area contributed by atoms with Gasteiger partial charge in [0.1, 0.15) is 11.6 Å². The fraction of sp³-hybridized carbons (Fsp3) is 0.273. The van der Waals surface area contributed by atoms with Crippen LogP contribution in [0.2, 0.25) is 0 Å². The number of rotatable bonds is 4. The van der Waals surface area contributed by atoms with Gasteiger partial charge in [0, 0.05) is 18.2 Å². The number of H-pyrrole nitrogens is 1. The first-order valence-electron chi connectivity index (χ1n) is 10.2. The third kappa shape index (κ3) is 3.48. The number of carbonyl (C=O) groups excluding carboxylic acids is 1. The predicted octanol–water partition coefficient (Wildman–Crippen LogP) is 3.57. The maximum Gasteiger partial charge on any atom is 0.276 e. The van der Waals surface area contributed by atoms with E-state index in [1.807, 2.05) is 41.3 Å². The van der Waals surface area contributed by atoms with Crippen molar-refractivity contribution < 1.29 is 14.1 Å². The number of aromatic nitrogens is 4. The lowest BCUT2D eigenvalue weighted by Crippen LogP contribution is -2.39. The van der Waals surface area contributed by atoms with Crippen molar-refractivity contribution in [3.63, 3.8) is 0 Å². The molecular formula is C22H22N6O3. The van der Waals surface area contributed by atoms with E-state index < -0.39 is 0 Å². The number of benzene rings is 1. The molecule has 1 saturated heterocycles. The van der Waals surface area contributed by atoms with E-state index in [0.29, 0.717) is 29.5 Å². The molecule has 31 heavy (non-hydrogen) atoms. The van der Waals surface area contributed by atoms with Crippen LogP contribution in [0, 0.1) is 0 Å². The summed E-state index contributed by atoms with van der Waals surface area (Å²) in [5, 5.41) is 11.7. The van der Waals surface area contributed by atoms with Gasteiger partial charge in [0.15, 0.2) is 17.1 Å². The second kappa shape index (κ2) is 7.75. The number of nitrogens with two attached hydrogens (primary N) is 1. The Kier molecular flexibility index (Phi) is 4.78. The average molecular weight is 418 g/mol. The van der Waals surface area contributed by atoms with Crippen molar-refractivity contribution in [2.45, 2.75) is 25.3 Å². The van der Waals surface area contributed by atoms with E-state index in [1.165, 1.54) is 0 Å². The summed E-state index contributed by atoms with van der Waals surface area (Å²) in [6, 6.07) is 12.8. The average Bonchev–Trinajstić information content (AvgIpc) is 3.46. The number of carbonyl (C=O) groups is 1. The highest BCUT2D eigenvalue weighted by atomic mass is 16.5. The summed E-state index contributed by atoms with van der Waals surface area (Å²) in [4.78, 5) is 19.8. The zero-order chi connectivity index (χ0) is 21.4. The molecule has 4 heterocycles. The first-order chi connectivity index (χ1) is 15.1. The molecule has 0 saturated carbocycles. The molecule has 5 rings (SSSR count). The number of ether oxygens (including phenoxy) is 1. The summed E-state index contributed by atoms with van der Waals surface area (Å²) in [6.45, 7) is 0.632. The number of aromatic amines is 1. The van der Waals surface area contributed by atoms with Crippen LogP contribution < -0.4 is 10.5 Å². The van der Waals surface area contributed by atoms with Crippen molar-refractivity contribution in [2.75, 3.05) is 19.4 Å². The number of anilines is 1. The molecule has 0 spiro atoms. The van der Waals surface area contributed by atoms with Gasteiger partial charge in [-0.15, -0.1) is 0 Å². The number of pyridine rings is 1. The molecule has 4 aromatic rings. The van der Waals surface area contributed by atoms with Gasteiger partial charge in [0.05, 0.1) is 24.2 Å². The predicted molar refractivity (Wildman–Crippen MR) is 114 cm³/mol. The number of fused-ring (bicyclic) bond motifs is 1. The molecule has 0 aliphatic carbocycles. The number of nitrogens with one attached hydrogen (secondary N) is 1. The van der Waals surface area contributed by atoms with Crippen molar-refractivity contribution >= 4 is 22.8 Å². The van der Waals surface area contributed by atoms with E-state index in [9.17, 15) is 4.79 Å². The number of hydrogen-bond acceptors (Lipinski definition) is 7. The summed E-state index contributed by atoms with van der Waals surface area (Å²) < 4.78 is 10.7. The smallest absolute Gasteiger partial charge is 0.276 e. The van der Waals surface area contributed by atoms with Crippen molar-refractivity contribution in [1.82, 2.24) is 25.2 Å². The second-order valence-corrected chi connectivity index (χ2v) is 7.56. The van der Waals surface area contributed by atoms with Gasteiger partial charge in [-0.2, -0.15) is 5.10 Å². The van der Waals surface area contributed by atoms with Crippen LogP contribution in [0.5, 0.6) is 5.75 Å². The van der Waals surface area contributed by atoms with Crippen molar-refractivity contribution in [3.8, 4) is 17.1 Å². The number of amides is 1. The van der Waals surface area contributed by atoms with E-state index in [1.54, 1.807) is 13.2 Å². The number of piperidine rings is 1. The molecule has 1 fully saturated rings. The zero-order valence-corrected chi connectivity index (χ0v) is 17.0. The number of hydrogen-bond donors (Lipinski definition) is 2.